The highest BCUT2D eigenvalue weighted by atomic mass is 32.2. The zero-order valence-corrected chi connectivity index (χ0v) is 17.2. The molecule has 1 aliphatic heterocycles. The van der Waals surface area contributed by atoms with Crippen molar-refractivity contribution in [2.75, 3.05) is 31.1 Å². The van der Waals surface area contributed by atoms with Gasteiger partial charge in [-0.2, -0.15) is 9.57 Å². The molecule has 0 bridgehead atoms. The van der Waals surface area contributed by atoms with E-state index in [9.17, 15) is 13.7 Å². The van der Waals surface area contributed by atoms with Gasteiger partial charge in [-0.25, -0.2) is 18.4 Å². The van der Waals surface area contributed by atoms with Crippen molar-refractivity contribution in [3.63, 3.8) is 0 Å². The number of anilines is 1. The average molecular weight is 414 g/mol. The molecule has 0 radical (unpaired) electrons. The normalized spacial score (nSPS) is 15.7. The number of piperazine rings is 1. The molecule has 0 saturated carbocycles. The summed E-state index contributed by atoms with van der Waals surface area (Å²) in [6.45, 7) is 5.90. The van der Waals surface area contributed by atoms with Crippen LogP contribution in [0.4, 0.5) is 5.82 Å². The number of benzene rings is 1. The summed E-state index contributed by atoms with van der Waals surface area (Å²) in [6.07, 6.45) is 1.57. The summed E-state index contributed by atoms with van der Waals surface area (Å²) in [5.74, 6) is 0.862. The summed E-state index contributed by atoms with van der Waals surface area (Å²) in [7, 11) is -3.70. The van der Waals surface area contributed by atoms with E-state index < -0.39 is 10.0 Å². The van der Waals surface area contributed by atoms with Crippen LogP contribution in [0.3, 0.4) is 0 Å². The summed E-state index contributed by atoms with van der Waals surface area (Å²) in [5, 5.41) is 10.3. The maximum Gasteiger partial charge on any atom is 0.244 e. The number of nitriles is 1. The van der Waals surface area contributed by atoms with Crippen molar-refractivity contribution in [2.24, 2.45) is 0 Å². The van der Waals surface area contributed by atoms with Crippen LogP contribution in [-0.2, 0) is 10.0 Å². The highest BCUT2D eigenvalue weighted by Gasteiger charge is 2.31. The Morgan fingerprint density at radius 3 is 2.54 bits per heavy atom. The molecule has 1 aliphatic rings. The van der Waals surface area contributed by atoms with Gasteiger partial charge < -0.3 is 4.90 Å². The van der Waals surface area contributed by atoms with Gasteiger partial charge in [0.1, 0.15) is 23.0 Å². The summed E-state index contributed by atoms with van der Waals surface area (Å²) < 4.78 is 27.5. The fourth-order valence-corrected chi connectivity index (χ4v) is 6.02. The van der Waals surface area contributed by atoms with Gasteiger partial charge in [-0.15, -0.1) is 11.3 Å². The molecule has 3 heterocycles. The molecule has 2 aromatic heterocycles. The fraction of sp³-hybridized carbons (Fsp3) is 0.316. The van der Waals surface area contributed by atoms with Crippen LogP contribution in [0.25, 0.3) is 10.2 Å². The van der Waals surface area contributed by atoms with E-state index in [1.165, 1.54) is 26.9 Å². The zero-order valence-electron chi connectivity index (χ0n) is 15.6. The number of hydrogen-bond acceptors (Lipinski definition) is 7. The van der Waals surface area contributed by atoms with Gasteiger partial charge in [-0.05, 0) is 31.5 Å². The van der Waals surface area contributed by atoms with Gasteiger partial charge >= 0.3 is 0 Å². The maximum absolute atomic E-state index is 13.0. The number of nitrogens with zero attached hydrogens (tertiary/aromatic N) is 5. The Labute approximate surface area is 167 Å². The first kappa shape index (κ1) is 18.8. The van der Waals surface area contributed by atoms with E-state index in [0.717, 1.165) is 16.0 Å². The third-order valence-electron chi connectivity index (χ3n) is 5.11. The highest BCUT2D eigenvalue weighted by Crippen LogP contribution is 2.34. The molecular weight excluding hydrogens is 394 g/mol. The molecule has 0 aliphatic carbocycles. The predicted molar refractivity (Wildman–Crippen MR) is 109 cm³/mol. The summed E-state index contributed by atoms with van der Waals surface area (Å²) in [6, 6.07) is 8.30. The first-order valence-electron chi connectivity index (χ1n) is 8.88. The molecule has 28 heavy (non-hydrogen) atoms. The van der Waals surface area contributed by atoms with Crippen molar-refractivity contribution in [2.45, 2.75) is 18.7 Å². The lowest BCUT2D eigenvalue weighted by atomic mass is 10.2. The number of rotatable bonds is 3. The Morgan fingerprint density at radius 1 is 1.11 bits per heavy atom. The van der Waals surface area contributed by atoms with Crippen molar-refractivity contribution >= 4 is 37.4 Å². The molecule has 1 saturated heterocycles. The lowest BCUT2D eigenvalue weighted by Crippen LogP contribution is -2.49. The molecule has 7 nitrogen and oxygen atoms in total. The first-order valence-corrected chi connectivity index (χ1v) is 11.1. The molecule has 0 amide bonds. The molecule has 1 fully saturated rings. The van der Waals surface area contributed by atoms with Crippen LogP contribution >= 0.6 is 11.3 Å². The minimum absolute atomic E-state index is 0.0691. The Balaban J connectivity index is 1.60. The van der Waals surface area contributed by atoms with Crippen LogP contribution in [0.5, 0.6) is 0 Å². The molecule has 0 spiro atoms. The minimum Gasteiger partial charge on any atom is -0.353 e. The van der Waals surface area contributed by atoms with Crippen LogP contribution in [0.15, 0.2) is 35.5 Å². The van der Waals surface area contributed by atoms with Crippen molar-refractivity contribution in [1.29, 1.82) is 5.26 Å². The molecular formula is C19H19N5O2S2. The second kappa shape index (κ2) is 7.13. The lowest BCUT2D eigenvalue weighted by Gasteiger charge is -2.35. The standard InChI is InChI=1S/C19H19N5O2S2/c1-13-14(2)27-19-17(13)18(21-12-22-19)23-7-9-24(10-8-23)28(25,26)16-6-4-3-5-15(16)11-20/h3-6,12H,7-10H2,1-2H3. The van der Waals surface area contributed by atoms with E-state index in [1.54, 1.807) is 29.8 Å². The second-order valence-corrected chi connectivity index (χ2v) is 9.77. The molecule has 3 aromatic rings. The van der Waals surface area contributed by atoms with Crippen molar-refractivity contribution in [3.8, 4) is 6.07 Å². The zero-order chi connectivity index (χ0) is 19.9. The van der Waals surface area contributed by atoms with Crippen LogP contribution in [0.2, 0.25) is 0 Å². The van der Waals surface area contributed by atoms with E-state index in [-0.39, 0.29) is 10.5 Å². The second-order valence-electron chi connectivity index (χ2n) is 6.66. The molecule has 4 rings (SSSR count). The van der Waals surface area contributed by atoms with Crippen LogP contribution < -0.4 is 4.90 Å². The molecule has 1 aromatic carbocycles. The van der Waals surface area contributed by atoms with Gasteiger partial charge in [0.25, 0.3) is 0 Å². The van der Waals surface area contributed by atoms with E-state index in [4.69, 9.17) is 0 Å². The van der Waals surface area contributed by atoms with Gasteiger partial charge in [0.2, 0.25) is 10.0 Å². The monoisotopic (exact) mass is 413 g/mol. The van der Waals surface area contributed by atoms with E-state index >= 15 is 0 Å². The number of aromatic nitrogens is 2. The van der Waals surface area contributed by atoms with Gasteiger partial charge in [0, 0.05) is 31.1 Å². The fourth-order valence-electron chi connectivity index (χ4n) is 3.47. The molecule has 9 heteroatoms. The van der Waals surface area contributed by atoms with Gasteiger partial charge in [0.05, 0.1) is 15.8 Å². The van der Waals surface area contributed by atoms with Crippen molar-refractivity contribution in [1.82, 2.24) is 14.3 Å². The Morgan fingerprint density at radius 2 is 1.82 bits per heavy atom. The van der Waals surface area contributed by atoms with Crippen LogP contribution in [0.1, 0.15) is 16.0 Å². The van der Waals surface area contributed by atoms with E-state index in [2.05, 4.69) is 28.7 Å². The SMILES string of the molecule is Cc1sc2ncnc(N3CCN(S(=O)(=O)c4ccccc4C#N)CC3)c2c1C. The largest absolute Gasteiger partial charge is 0.353 e. The number of aryl methyl sites for hydroxylation is 2. The Hall–Kier alpha value is -2.54. The van der Waals surface area contributed by atoms with E-state index in [0.29, 0.717) is 26.2 Å². The van der Waals surface area contributed by atoms with Crippen LogP contribution in [0, 0.1) is 25.2 Å². The predicted octanol–water partition coefficient (Wildman–Crippen LogP) is 2.69. The molecule has 144 valence electrons. The Bertz CT molecular complexity index is 1190. The number of sulfonamides is 1. The molecule has 0 N–H and O–H groups in total. The highest BCUT2D eigenvalue weighted by molar-refractivity contribution is 7.89. The van der Waals surface area contributed by atoms with Gasteiger partial charge in [-0.3, -0.25) is 0 Å². The maximum atomic E-state index is 13.0. The number of thiophene rings is 1. The minimum atomic E-state index is -3.70. The summed E-state index contributed by atoms with van der Waals surface area (Å²) >= 11 is 1.65. The Kier molecular flexibility index (Phi) is 4.79. The van der Waals surface area contributed by atoms with Gasteiger partial charge in [0.15, 0.2) is 0 Å². The molecule has 0 unspecified atom stereocenters. The summed E-state index contributed by atoms with van der Waals surface area (Å²) in [4.78, 5) is 13.2. The number of fused-ring (bicyclic) bond motifs is 1. The first-order chi connectivity index (χ1) is 13.4. The smallest absolute Gasteiger partial charge is 0.244 e. The lowest BCUT2D eigenvalue weighted by molar-refractivity contribution is 0.384. The van der Waals surface area contributed by atoms with Crippen LogP contribution in [-0.4, -0.2) is 48.9 Å². The van der Waals surface area contributed by atoms with Gasteiger partial charge in [-0.1, -0.05) is 12.1 Å². The summed E-state index contributed by atoms with van der Waals surface area (Å²) in [5.41, 5.74) is 1.35. The average Bonchev–Trinajstić information content (AvgIpc) is 3.02. The molecule has 0 atom stereocenters. The third kappa shape index (κ3) is 3.03. The number of hydrogen-bond donors (Lipinski definition) is 0. The quantitative estimate of drug-likeness (QED) is 0.656. The van der Waals surface area contributed by atoms with Crippen molar-refractivity contribution in [3.05, 3.63) is 46.6 Å². The van der Waals surface area contributed by atoms with Crippen molar-refractivity contribution < 1.29 is 8.42 Å². The van der Waals surface area contributed by atoms with E-state index in [1.807, 2.05) is 6.07 Å². The third-order valence-corrected chi connectivity index (χ3v) is 8.18. The topological polar surface area (TPSA) is 90.2 Å².